The zero-order valence-electron chi connectivity index (χ0n) is 11.3. The Morgan fingerprint density at radius 2 is 1.78 bits per heavy atom. The van der Waals surface area contributed by atoms with Crippen molar-refractivity contribution in [3.05, 3.63) is 0 Å². The van der Waals surface area contributed by atoms with Crippen molar-refractivity contribution in [2.45, 2.75) is 46.1 Å². The lowest BCUT2D eigenvalue weighted by molar-refractivity contribution is -0.126. The van der Waals surface area contributed by atoms with Gasteiger partial charge >= 0.3 is 0 Å². The van der Waals surface area contributed by atoms with Crippen LogP contribution in [-0.4, -0.2) is 30.3 Å². The van der Waals surface area contributed by atoms with Crippen molar-refractivity contribution < 1.29 is 14.4 Å². The van der Waals surface area contributed by atoms with Gasteiger partial charge in [-0.3, -0.25) is 14.4 Å². The van der Waals surface area contributed by atoms with Crippen LogP contribution in [0.4, 0.5) is 0 Å². The number of primary amides is 1. The Kier molecular flexibility index (Phi) is 7.74. The summed E-state index contributed by atoms with van der Waals surface area (Å²) >= 11 is 0. The molecule has 6 heteroatoms. The van der Waals surface area contributed by atoms with Gasteiger partial charge in [0.05, 0.1) is 0 Å². The summed E-state index contributed by atoms with van der Waals surface area (Å²) in [6.07, 6.45) is 1.96. The molecule has 18 heavy (non-hydrogen) atoms. The Balaban J connectivity index is 3.77. The third-order valence-electron chi connectivity index (χ3n) is 2.46. The van der Waals surface area contributed by atoms with E-state index in [4.69, 9.17) is 5.73 Å². The number of carbonyl (C=O) groups excluding carboxylic acids is 3. The number of carbonyl (C=O) groups is 3. The first-order chi connectivity index (χ1) is 8.34. The number of unbranched alkanes of at least 4 members (excludes halogenated alkanes) is 1. The Labute approximate surface area is 108 Å². The molecule has 104 valence electrons. The summed E-state index contributed by atoms with van der Waals surface area (Å²) < 4.78 is 0. The summed E-state index contributed by atoms with van der Waals surface area (Å²) in [7, 11) is 0. The van der Waals surface area contributed by atoms with Crippen LogP contribution in [0.25, 0.3) is 0 Å². The van der Waals surface area contributed by atoms with Crippen LogP contribution in [0.1, 0.15) is 40.0 Å². The summed E-state index contributed by atoms with van der Waals surface area (Å²) in [6, 6.07) is -0.622. The molecule has 0 aromatic heterocycles. The van der Waals surface area contributed by atoms with Crippen LogP contribution in [-0.2, 0) is 14.4 Å². The first-order valence-electron chi connectivity index (χ1n) is 6.18. The summed E-state index contributed by atoms with van der Waals surface area (Å²) in [4.78, 5) is 33.1. The fraction of sp³-hybridized carbons (Fsp3) is 0.750. The predicted molar refractivity (Wildman–Crippen MR) is 68.5 cm³/mol. The van der Waals surface area contributed by atoms with Gasteiger partial charge in [0, 0.05) is 19.4 Å². The van der Waals surface area contributed by atoms with E-state index < -0.39 is 11.9 Å². The molecule has 0 saturated carbocycles. The first-order valence-corrected chi connectivity index (χ1v) is 6.18. The summed E-state index contributed by atoms with van der Waals surface area (Å²) in [5.74, 6) is -0.811. The molecular weight excluding hydrogens is 234 g/mol. The highest BCUT2D eigenvalue weighted by molar-refractivity contribution is 5.85. The molecule has 4 N–H and O–H groups in total. The fourth-order valence-corrected chi connectivity index (χ4v) is 1.42. The highest BCUT2D eigenvalue weighted by Gasteiger charge is 2.15. The molecule has 0 bridgehead atoms. The van der Waals surface area contributed by atoms with Crippen molar-refractivity contribution >= 4 is 17.7 Å². The average molecular weight is 257 g/mol. The molecule has 0 radical (unpaired) electrons. The molecule has 0 aromatic carbocycles. The number of hydrogen-bond donors (Lipinski definition) is 3. The van der Waals surface area contributed by atoms with Gasteiger partial charge in [0.1, 0.15) is 6.04 Å². The van der Waals surface area contributed by atoms with Gasteiger partial charge < -0.3 is 16.4 Å². The van der Waals surface area contributed by atoms with Crippen molar-refractivity contribution in [3.8, 4) is 0 Å². The van der Waals surface area contributed by atoms with Gasteiger partial charge in [0.2, 0.25) is 17.7 Å². The standard InChI is InChI=1S/C12H23N3O3/c1-8(2)12(18)14-7-5-4-6-10(11(13)17)15-9(3)16/h8,10H,4-7H2,1-3H3,(H2,13,17)(H,14,18)(H,15,16). The van der Waals surface area contributed by atoms with Crippen molar-refractivity contribution in [3.63, 3.8) is 0 Å². The third-order valence-corrected chi connectivity index (χ3v) is 2.46. The molecular formula is C12H23N3O3. The minimum Gasteiger partial charge on any atom is -0.368 e. The van der Waals surface area contributed by atoms with Gasteiger partial charge in [0.25, 0.3) is 0 Å². The lowest BCUT2D eigenvalue weighted by Gasteiger charge is -2.14. The van der Waals surface area contributed by atoms with Crippen LogP contribution in [0.2, 0.25) is 0 Å². The Bertz CT molecular complexity index is 303. The normalized spacial score (nSPS) is 12.0. The molecule has 1 unspecified atom stereocenters. The quantitative estimate of drug-likeness (QED) is 0.530. The van der Waals surface area contributed by atoms with E-state index in [2.05, 4.69) is 10.6 Å². The number of hydrogen-bond acceptors (Lipinski definition) is 3. The maximum Gasteiger partial charge on any atom is 0.239 e. The zero-order valence-corrected chi connectivity index (χ0v) is 11.3. The van der Waals surface area contributed by atoms with E-state index >= 15 is 0 Å². The summed E-state index contributed by atoms with van der Waals surface area (Å²) in [6.45, 7) is 5.58. The Morgan fingerprint density at radius 1 is 1.17 bits per heavy atom. The average Bonchev–Trinajstić information content (AvgIpc) is 2.25. The number of amides is 3. The zero-order chi connectivity index (χ0) is 14.1. The molecule has 1 atom stereocenters. The van der Waals surface area contributed by atoms with Crippen LogP contribution in [0.3, 0.4) is 0 Å². The van der Waals surface area contributed by atoms with E-state index in [-0.39, 0.29) is 17.7 Å². The van der Waals surface area contributed by atoms with E-state index in [0.29, 0.717) is 19.4 Å². The molecule has 0 aliphatic carbocycles. The maximum atomic E-state index is 11.3. The molecule has 0 rings (SSSR count). The predicted octanol–water partition coefficient (Wildman–Crippen LogP) is -0.0811. The lowest BCUT2D eigenvalue weighted by atomic mass is 10.1. The minimum atomic E-state index is -0.622. The molecule has 3 amide bonds. The SMILES string of the molecule is CC(=O)NC(CCCCNC(=O)C(C)C)C(N)=O. The smallest absolute Gasteiger partial charge is 0.239 e. The second-order valence-corrected chi connectivity index (χ2v) is 4.60. The van der Waals surface area contributed by atoms with Gasteiger partial charge in [-0.15, -0.1) is 0 Å². The van der Waals surface area contributed by atoms with Gasteiger partial charge in [0.15, 0.2) is 0 Å². The number of nitrogens with one attached hydrogen (secondary N) is 2. The third kappa shape index (κ3) is 7.65. The van der Waals surface area contributed by atoms with Crippen LogP contribution >= 0.6 is 0 Å². The van der Waals surface area contributed by atoms with Crippen molar-refractivity contribution in [1.82, 2.24) is 10.6 Å². The second kappa shape index (κ2) is 8.49. The molecule has 0 heterocycles. The second-order valence-electron chi connectivity index (χ2n) is 4.60. The maximum absolute atomic E-state index is 11.3. The molecule has 0 aromatic rings. The summed E-state index contributed by atoms with van der Waals surface area (Å²) in [5, 5.41) is 5.28. The first kappa shape index (κ1) is 16.4. The van der Waals surface area contributed by atoms with E-state index in [1.807, 2.05) is 13.8 Å². The van der Waals surface area contributed by atoms with Gasteiger partial charge in [-0.2, -0.15) is 0 Å². The number of rotatable bonds is 8. The van der Waals surface area contributed by atoms with E-state index in [1.54, 1.807) is 0 Å². The Morgan fingerprint density at radius 3 is 2.22 bits per heavy atom. The molecule has 0 aliphatic heterocycles. The van der Waals surface area contributed by atoms with Gasteiger partial charge in [-0.05, 0) is 19.3 Å². The molecule has 0 fully saturated rings. The Hall–Kier alpha value is -1.59. The highest BCUT2D eigenvalue weighted by atomic mass is 16.2. The van der Waals surface area contributed by atoms with Crippen molar-refractivity contribution in [2.24, 2.45) is 11.7 Å². The lowest BCUT2D eigenvalue weighted by Crippen LogP contribution is -2.43. The highest BCUT2D eigenvalue weighted by Crippen LogP contribution is 2.01. The van der Waals surface area contributed by atoms with E-state index in [0.717, 1.165) is 6.42 Å². The van der Waals surface area contributed by atoms with Crippen LogP contribution < -0.4 is 16.4 Å². The molecule has 0 aliphatic rings. The van der Waals surface area contributed by atoms with E-state index in [9.17, 15) is 14.4 Å². The number of nitrogens with two attached hydrogens (primary N) is 1. The minimum absolute atomic E-state index is 0.0170. The van der Waals surface area contributed by atoms with Crippen molar-refractivity contribution in [1.29, 1.82) is 0 Å². The molecule has 0 spiro atoms. The van der Waals surface area contributed by atoms with E-state index in [1.165, 1.54) is 6.92 Å². The van der Waals surface area contributed by atoms with Gasteiger partial charge in [-0.25, -0.2) is 0 Å². The molecule has 6 nitrogen and oxygen atoms in total. The largest absolute Gasteiger partial charge is 0.368 e. The van der Waals surface area contributed by atoms with Crippen LogP contribution in [0, 0.1) is 5.92 Å². The monoisotopic (exact) mass is 257 g/mol. The van der Waals surface area contributed by atoms with Gasteiger partial charge in [-0.1, -0.05) is 13.8 Å². The van der Waals surface area contributed by atoms with Crippen LogP contribution in [0.15, 0.2) is 0 Å². The fourth-order valence-electron chi connectivity index (χ4n) is 1.42. The summed E-state index contributed by atoms with van der Waals surface area (Å²) in [5.41, 5.74) is 5.16. The van der Waals surface area contributed by atoms with Crippen LogP contribution in [0.5, 0.6) is 0 Å². The van der Waals surface area contributed by atoms with Crippen molar-refractivity contribution in [2.75, 3.05) is 6.54 Å². The topological polar surface area (TPSA) is 101 Å². The molecule has 0 saturated heterocycles.